The molecule has 0 atom stereocenters. The van der Waals surface area contributed by atoms with Gasteiger partial charge in [0.25, 0.3) is 0 Å². The molecule has 0 unspecified atom stereocenters. The van der Waals surface area contributed by atoms with E-state index in [2.05, 4.69) is 34.6 Å². The second-order valence-corrected chi connectivity index (χ2v) is 11.1. The van der Waals surface area contributed by atoms with Gasteiger partial charge in [0.2, 0.25) is 0 Å². The van der Waals surface area contributed by atoms with Crippen LogP contribution in [-0.2, 0) is 0 Å². The molecule has 1 aliphatic carbocycles. The Morgan fingerprint density at radius 2 is 1.23 bits per heavy atom. The molecule has 0 aromatic rings. The van der Waals surface area contributed by atoms with Gasteiger partial charge >= 0.3 is 93.8 Å². The van der Waals surface area contributed by atoms with Crippen LogP contribution in [-0.4, -0.2) is 12.8 Å². The topological polar surface area (TPSA) is 0 Å². The first-order chi connectivity index (χ1) is 5.83. The van der Waals surface area contributed by atoms with E-state index in [0.29, 0.717) is 0 Å². The predicted molar refractivity (Wildman–Crippen MR) is 62.6 cm³/mol. The summed E-state index contributed by atoms with van der Waals surface area (Å²) in [5.74, 6) is 0. The number of allylic oxidation sites excluding steroid dienone is 4. The second kappa shape index (κ2) is 3.64. The molecule has 0 amide bonds. The Morgan fingerprint density at radius 3 is 1.38 bits per heavy atom. The van der Waals surface area contributed by atoms with E-state index < -0.39 is 12.8 Å². The normalized spacial score (nSPS) is 22.2. The SMILES string of the molecule is CC1=C(C)C(C)([As](Cl)Cl)C(C)=C1C. The molecule has 0 saturated carbocycles. The average Bonchev–Trinajstić information content (AvgIpc) is 2.22. The first-order valence-electron chi connectivity index (χ1n) is 4.31. The van der Waals surface area contributed by atoms with Crippen LogP contribution in [0.2, 0.25) is 4.20 Å². The van der Waals surface area contributed by atoms with Gasteiger partial charge < -0.3 is 0 Å². The monoisotopic (exact) mass is 280 g/mol. The van der Waals surface area contributed by atoms with Gasteiger partial charge in [-0.05, 0) is 0 Å². The van der Waals surface area contributed by atoms with Crippen molar-refractivity contribution in [3.8, 4) is 0 Å². The summed E-state index contributed by atoms with van der Waals surface area (Å²) >= 11 is -1.77. The van der Waals surface area contributed by atoms with E-state index >= 15 is 0 Å². The number of hydrogen-bond donors (Lipinski definition) is 0. The van der Waals surface area contributed by atoms with Gasteiger partial charge in [-0.3, -0.25) is 0 Å². The number of halogens is 2. The van der Waals surface area contributed by atoms with Gasteiger partial charge in [0, 0.05) is 0 Å². The molecule has 0 spiro atoms. The third-order valence-electron chi connectivity index (χ3n) is 3.49. The fourth-order valence-electron chi connectivity index (χ4n) is 1.83. The van der Waals surface area contributed by atoms with Crippen LogP contribution < -0.4 is 0 Å². The predicted octanol–water partition coefficient (Wildman–Crippen LogP) is 4.40. The zero-order valence-corrected chi connectivity index (χ0v) is 12.1. The fourth-order valence-corrected chi connectivity index (χ4v) is 6.23. The summed E-state index contributed by atoms with van der Waals surface area (Å²) in [5, 5.41) is 0. The Bertz CT molecular complexity index is 276. The Kier molecular flexibility index (Phi) is 3.28. The van der Waals surface area contributed by atoms with E-state index in [1.54, 1.807) is 0 Å². The van der Waals surface area contributed by atoms with Gasteiger partial charge in [-0.15, -0.1) is 0 Å². The van der Waals surface area contributed by atoms with Crippen LogP contribution >= 0.6 is 19.9 Å². The van der Waals surface area contributed by atoms with Crippen molar-refractivity contribution in [3.63, 3.8) is 0 Å². The van der Waals surface area contributed by atoms with E-state index in [1.807, 2.05) is 0 Å². The van der Waals surface area contributed by atoms with Crippen LogP contribution in [0.1, 0.15) is 34.6 Å². The molecule has 0 bridgehead atoms. The molecular weight excluding hydrogens is 266 g/mol. The summed E-state index contributed by atoms with van der Waals surface area (Å²) < 4.78 is -0.00965. The van der Waals surface area contributed by atoms with Crippen molar-refractivity contribution in [1.29, 1.82) is 0 Å². The molecule has 1 rings (SSSR count). The van der Waals surface area contributed by atoms with E-state index in [9.17, 15) is 0 Å². The Hall–Kier alpha value is 0.618. The molecule has 13 heavy (non-hydrogen) atoms. The number of hydrogen-bond acceptors (Lipinski definition) is 0. The summed E-state index contributed by atoms with van der Waals surface area (Å²) in [6.07, 6.45) is 0. The summed E-state index contributed by atoms with van der Waals surface area (Å²) in [5.41, 5.74) is 5.49. The van der Waals surface area contributed by atoms with Crippen molar-refractivity contribution >= 4 is 32.7 Å². The van der Waals surface area contributed by atoms with Gasteiger partial charge in [-0.2, -0.15) is 0 Å². The molecule has 74 valence electrons. The molecule has 0 aliphatic heterocycles. The Labute approximate surface area is 93.6 Å². The van der Waals surface area contributed by atoms with Crippen LogP contribution in [0.25, 0.3) is 0 Å². The van der Waals surface area contributed by atoms with Crippen molar-refractivity contribution in [2.45, 2.75) is 38.8 Å². The van der Waals surface area contributed by atoms with Crippen LogP contribution in [0.5, 0.6) is 0 Å². The second-order valence-electron chi connectivity index (χ2n) is 3.81. The molecule has 1 aliphatic rings. The van der Waals surface area contributed by atoms with Crippen LogP contribution in [0.4, 0.5) is 0 Å². The minimum absolute atomic E-state index is 0.00965. The summed E-state index contributed by atoms with van der Waals surface area (Å²) in [6.45, 7) is 10.8. The van der Waals surface area contributed by atoms with Crippen LogP contribution in [0.15, 0.2) is 22.3 Å². The van der Waals surface area contributed by atoms with Crippen molar-refractivity contribution in [1.82, 2.24) is 0 Å². The van der Waals surface area contributed by atoms with Crippen LogP contribution in [0.3, 0.4) is 0 Å². The van der Waals surface area contributed by atoms with Crippen molar-refractivity contribution < 1.29 is 0 Å². The van der Waals surface area contributed by atoms with Crippen LogP contribution in [0, 0.1) is 0 Å². The van der Waals surface area contributed by atoms with Gasteiger partial charge in [-0.25, -0.2) is 0 Å². The zero-order chi connectivity index (χ0) is 10.4. The van der Waals surface area contributed by atoms with Gasteiger partial charge in [0.15, 0.2) is 0 Å². The number of rotatable bonds is 1. The maximum atomic E-state index is 6.19. The molecule has 0 heterocycles. The summed E-state index contributed by atoms with van der Waals surface area (Å²) in [4.78, 5) is 0. The third kappa shape index (κ3) is 1.52. The summed E-state index contributed by atoms with van der Waals surface area (Å²) in [6, 6.07) is 0. The minimum atomic E-state index is -1.77. The van der Waals surface area contributed by atoms with E-state index in [-0.39, 0.29) is 4.20 Å². The Morgan fingerprint density at radius 1 is 0.923 bits per heavy atom. The molecule has 0 fully saturated rings. The molecule has 0 radical (unpaired) electrons. The van der Waals surface area contributed by atoms with E-state index in [4.69, 9.17) is 19.9 Å². The molecule has 0 N–H and O–H groups in total. The molecule has 0 aromatic carbocycles. The molecule has 0 nitrogen and oxygen atoms in total. The first kappa shape index (κ1) is 11.7. The van der Waals surface area contributed by atoms with Gasteiger partial charge in [-0.1, -0.05) is 0 Å². The van der Waals surface area contributed by atoms with E-state index in [0.717, 1.165) is 0 Å². The maximum absolute atomic E-state index is 6.19. The summed E-state index contributed by atoms with van der Waals surface area (Å²) in [7, 11) is 12.4. The zero-order valence-electron chi connectivity index (χ0n) is 8.70. The molecule has 0 aromatic heterocycles. The standard InChI is InChI=1S/C10H15AsCl2/c1-6-7(2)9(4)10(5,8(6)3)11(12)13/h1-5H3. The third-order valence-corrected chi connectivity index (χ3v) is 9.83. The van der Waals surface area contributed by atoms with Gasteiger partial charge in [0.1, 0.15) is 0 Å². The van der Waals surface area contributed by atoms with E-state index in [1.165, 1.54) is 22.3 Å². The Balaban J connectivity index is 3.31. The molecule has 3 heteroatoms. The van der Waals surface area contributed by atoms with Crippen molar-refractivity contribution in [3.05, 3.63) is 22.3 Å². The van der Waals surface area contributed by atoms with Crippen molar-refractivity contribution in [2.24, 2.45) is 0 Å². The molecule has 0 saturated heterocycles. The van der Waals surface area contributed by atoms with Crippen molar-refractivity contribution in [2.75, 3.05) is 0 Å². The van der Waals surface area contributed by atoms with Gasteiger partial charge in [0.05, 0.1) is 0 Å². The quantitative estimate of drug-likeness (QED) is 0.625. The average molecular weight is 281 g/mol. The molecular formula is C10H15AsCl2. The first-order valence-corrected chi connectivity index (χ1v) is 10.2. The fraction of sp³-hybridized carbons (Fsp3) is 0.600.